The molecule has 1 saturated heterocycles. The van der Waals surface area contributed by atoms with Crippen LogP contribution < -0.4 is 4.90 Å². The fourth-order valence-corrected chi connectivity index (χ4v) is 3.91. The van der Waals surface area contributed by atoms with Crippen LogP contribution in [0.1, 0.15) is 29.1 Å². The Hall–Kier alpha value is -1.69. The van der Waals surface area contributed by atoms with E-state index in [0.29, 0.717) is 5.56 Å². The lowest BCUT2D eigenvalue weighted by molar-refractivity contribution is -0.125. The van der Waals surface area contributed by atoms with Crippen LogP contribution in [-0.2, 0) is 9.59 Å². The van der Waals surface area contributed by atoms with Crippen LogP contribution >= 0.6 is 11.3 Å². The van der Waals surface area contributed by atoms with E-state index < -0.39 is 5.97 Å². The Bertz CT molecular complexity index is 607. The fourth-order valence-electron chi connectivity index (χ4n) is 3.03. The predicted octanol–water partition coefficient (Wildman–Crippen LogP) is 1.90. The number of carbonyl (C=O) groups excluding carboxylic acids is 2. The minimum Gasteiger partial charge on any atom is -0.477 e. The van der Waals surface area contributed by atoms with E-state index in [1.165, 1.54) is 0 Å². The third-order valence-electron chi connectivity index (χ3n) is 4.16. The summed E-state index contributed by atoms with van der Waals surface area (Å²) in [7, 11) is 0. The van der Waals surface area contributed by atoms with Crippen molar-refractivity contribution in [1.29, 1.82) is 0 Å². The molecular weight excluding hydrogens is 266 g/mol. The molecule has 5 nitrogen and oxygen atoms in total. The Kier molecular flexibility index (Phi) is 2.24. The number of amides is 2. The molecule has 0 aromatic carbocycles. The number of hydrogen-bond acceptors (Lipinski definition) is 4. The van der Waals surface area contributed by atoms with Crippen LogP contribution in [0.25, 0.3) is 0 Å². The molecule has 6 heteroatoms. The summed E-state index contributed by atoms with van der Waals surface area (Å²) in [5.41, 5.74) is 0.636. The number of thiophene rings is 1. The number of nitrogens with zero attached hydrogens (tertiary/aromatic N) is 1. The third kappa shape index (κ3) is 1.37. The van der Waals surface area contributed by atoms with Gasteiger partial charge in [-0.15, -0.1) is 11.3 Å². The number of aryl methyl sites for hydroxylation is 1. The van der Waals surface area contributed by atoms with Gasteiger partial charge in [0.25, 0.3) is 0 Å². The summed E-state index contributed by atoms with van der Waals surface area (Å²) in [5, 5.41) is 10.8. The lowest BCUT2D eigenvalue weighted by atomic mass is 10.0. The molecule has 1 N–H and O–H groups in total. The smallest absolute Gasteiger partial charge is 0.348 e. The van der Waals surface area contributed by atoms with Crippen LogP contribution in [0.4, 0.5) is 5.69 Å². The second-order valence-corrected chi connectivity index (χ2v) is 6.57. The summed E-state index contributed by atoms with van der Waals surface area (Å²) in [4.78, 5) is 37.0. The number of fused-ring (bicyclic) bond motifs is 1. The van der Waals surface area contributed by atoms with E-state index in [0.717, 1.165) is 16.2 Å². The normalized spacial score (nSPS) is 27.6. The van der Waals surface area contributed by atoms with Gasteiger partial charge in [0.1, 0.15) is 4.88 Å². The molecule has 2 amide bonds. The van der Waals surface area contributed by atoms with E-state index >= 15 is 0 Å². The summed E-state index contributed by atoms with van der Waals surface area (Å²) < 4.78 is 0. The Morgan fingerprint density at radius 2 is 1.84 bits per heavy atom. The average Bonchev–Trinajstić information content (AvgIpc) is 2.57. The van der Waals surface area contributed by atoms with Crippen molar-refractivity contribution in [2.45, 2.75) is 20.8 Å². The summed E-state index contributed by atoms with van der Waals surface area (Å²) in [6.07, 6.45) is 0. The summed E-state index contributed by atoms with van der Waals surface area (Å²) >= 11 is 1.05. The van der Waals surface area contributed by atoms with Crippen molar-refractivity contribution in [2.24, 2.45) is 17.3 Å². The zero-order valence-electron chi connectivity index (χ0n) is 10.8. The van der Waals surface area contributed by atoms with Crippen LogP contribution in [-0.4, -0.2) is 22.9 Å². The van der Waals surface area contributed by atoms with Crippen molar-refractivity contribution in [3.8, 4) is 0 Å². The first-order valence-electron chi connectivity index (χ1n) is 5.97. The van der Waals surface area contributed by atoms with Crippen molar-refractivity contribution in [1.82, 2.24) is 0 Å². The summed E-state index contributed by atoms with van der Waals surface area (Å²) in [6, 6.07) is 0. The highest BCUT2D eigenvalue weighted by atomic mass is 32.1. The SMILES string of the molecule is Cc1csc(C(=O)O)c1N1C(=O)C2C(C1=O)C2(C)C. The van der Waals surface area contributed by atoms with Crippen molar-refractivity contribution in [3.05, 3.63) is 15.8 Å². The molecule has 1 saturated carbocycles. The predicted molar refractivity (Wildman–Crippen MR) is 69.3 cm³/mol. The monoisotopic (exact) mass is 279 g/mol. The Morgan fingerprint density at radius 3 is 2.32 bits per heavy atom. The van der Waals surface area contributed by atoms with Gasteiger partial charge in [0.2, 0.25) is 11.8 Å². The molecule has 2 unspecified atom stereocenters. The van der Waals surface area contributed by atoms with Crippen molar-refractivity contribution in [2.75, 3.05) is 4.90 Å². The topological polar surface area (TPSA) is 74.7 Å². The maximum absolute atomic E-state index is 12.3. The molecule has 0 bridgehead atoms. The number of anilines is 1. The number of carboxylic acid groups (broad SMARTS) is 1. The third-order valence-corrected chi connectivity index (χ3v) is 5.24. The van der Waals surface area contributed by atoms with Crippen LogP contribution in [0.3, 0.4) is 0 Å². The highest BCUT2D eigenvalue weighted by molar-refractivity contribution is 7.12. The van der Waals surface area contributed by atoms with Crippen molar-refractivity contribution < 1.29 is 19.5 Å². The van der Waals surface area contributed by atoms with Gasteiger partial charge in [0.15, 0.2) is 0 Å². The highest BCUT2D eigenvalue weighted by Crippen LogP contribution is 2.64. The highest BCUT2D eigenvalue weighted by Gasteiger charge is 2.73. The standard InChI is InChI=1S/C13H13NO4S/c1-5-4-19-9(12(17)18)8(5)14-10(15)6-7(11(14)16)13(6,2)3/h4,6-7H,1-3H3,(H,17,18). The van der Waals surface area contributed by atoms with Gasteiger partial charge in [-0.3, -0.25) is 9.59 Å². The maximum Gasteiger partial charge on any atom is 0.348 e. The number of hydrogen-bond donors (Lipinski definition) is 1. The van der Waals surface area contributed by atoms with Gasteiger partial charge in [-0.25, -0.2) is 9.69 Å². The molecular formula is C13H13NO4S. The van der Waals surface area contributed by atoms with Gasteiger partial charge in [-0.2, -0.15) is 0 Å². The zero-order chi connectivity index (χ0) is 14.1. The van der Waals surface area contributed by atoms with Gasteiger partial charge >= 0.3 is 5.97 Å². The van der Waals surface area contributed by atoms with Gasteiger partial charge < -0.3 is 5.11 Å². The Labute approximate surface area is 113 Å². The van der Waals surface area contributed by atoms with Crippen molar-refractivity contribution in [3.63, 3.8) is 0 Å². The molecule has 1 aliphatic carbocycles. The van der Waals surface area contributed by atoms with Gasteiger partial charge in [-0.05, 0) is 23.3 Å². The molecule has 0 radical (unpaired) electrons. The zero-order valence-corrected chi connectivity index (χ0v) is 11.6. The average molecular weight is 279 g/mol. The van der Waals surface area contributed by atoms with Gasteiger partial charge in [0, 0.05) is 0 Å². The fraction of sp³-hybridized carbons (Fsp3) is 0.462. The molecule has 2 heterocycles. The summed E-state index contributed by atoms with van der Waals surface area (Å²) in [6.45, 7) is 5.51. The number of carboxylic acids is 1. The Morgan fingerprint density at radius 1 is 1.32 bits per heavy atom. The van der Waals surface area contributed by atoms with E-state index in [2.05, 4.69) is 0 Å². The lowest BCUT2D eigenvalue weighted by Crippen LogP contribution is -2.37. The first-order valence-corrected chi connectivity index (χ1v) is 6.85. The van der Waals surface area contributed by atoms with Crippen LogP contribution in [0.5, 0.6) is 0 Å². The number of rotatable bonds is 2. The quantitative estimate of drug-likeness (QED) is 0.839. The molecule has 1 aliphatic heterocycles. The van der Waals surface area contributed by atoms with Gasteiger partial charge in [0.05, 0.1) is 17.5 Å². The minimum absolute atomic E-state index is 0.0540. The maximum atomic E-state index is 12.3. The summed E-state index contributed by atoms with van der Waals surface area (Å²) in [5.74, 6) is -2.21. The molecule has 2 fully saturated rings. The van der Waals surface area contributed by atoms with E-state index in [9.17, 15) is 14.4 Å². The first-order chi connectivity index (χ1) is 8.78. The molecule has 2 aliphatic rings. The molecule has 1 aromatic heterocycles. The first kappa shape index (κ1) is 12.3. The largest absolute Gasteiger partial charge is 0.477 e. The number of aromatic carboxylic acids is 1. The van der Waals surface area contributed by atoms with Gasteiger partial charge in [-0.1, -0.05) is 13.8 Å². The second-order valence-electron chi connectivity index (χ2n) is 5.69. The Balaban J connectivity index is 2.07. The molecule has 19 heavy (non-hydrogen) atoms. The number of imide groups is 1. The number of carbonyl (C=O) groups is 3. The minimum atomic E-state index is -1.10. The molecule has 2 atom stereocenters. The molecule has 100 valence electrons. The lowest BCUT2D eigenvalue weighted by Gasteiger charge is -2.21. The van der Waals surface area contributed by atoms with Crippen molar-refractivity contribution >= 4 is 34.8 Å². The molecule has 0 spiro atoms. The van der Waals surface area contributed by atoms with E-state index in [1.807, 2.05) is 13.8 Å². The van der Waals surface area contributed by atoms with Crippen LogP contribution in [0.15, 0.2) is 5.38 Å². The molecule has 1 aromatic rings. The second kappa shape index (κ2) is 3.45. The van der Waals surface area contributed by atoms with E-state index in [-0.39, 0.29) is 39.6 Å². The van der Waals surface area contributed by atoms with E-state index in [1.54, 1.807) is 12.3 Å². The number of piperidine rings is 1. The molecule has 3 rings (SSSR count). The van der Waals surface area contributed by atoms with E-state index in [4.69, 9.17) is 5.11 Å². The van der Waals surface area contributed by atoms with Crippen LogP contribution in [0.2, 0.25) is 0 Å². The van der Waals surface area contributed by atoms with Crippen LogP contribution in [0, 0.1) is 24.2 Å².